The van der Waals surface area contributed by atoms with Gasteiger partial charge in [0.25, 0.3) is 0 Å². The van der Waals surface area contributed by atoms with Gasteiger partial charge in [0.15, 0.2) is 0 Å². The summed E-state index contributed by atoms with van der Waals surface area (Å²) in [5.41, 5.74) is 1.31. The van der Waals surface area contributed by atoms with Crippen LogP contribution >= 0.6 is 11.8 Å². The van der Waals surface area contributed by atoms with Crippen molar-refractivity contribution in [3.05, 3.63) is 72.3 Å². The molecule has 2 heterocycles. The number of amides is 2. The second-order valence-electron chi connectivity index (χ2n) is 6.56. The van der Waals surface area contributed by atoms with Crippen molar-refractivity contribution in [1.29, 1.82) is 0 Å². The van der Waals surface area contributed by atoms with Crippen LogP contribution in [0.5, 0.6) is 0 Å². The van der Waals surface area contributed by atoms with Crippen LogP contribution in [0, 0.1) is 5.92 Å². The number of anilines is 1. The molecule has 1 saturated heterocycles. The molecule has 0 spiro atoms. The minimum Gasteiger partial charge on any atom is -0.387 e. The van der Waals surface area contributed by atoms with Crippen molar-refractivity contribution < 1.29 is 14.7 Å². The Kier molecular flexibility index (Phi) is 3.42. The van der Waals surface area contributed by atoms with E-state index in [1.165, 1.54) is 16.7 Å². The van der Waals surface area contributed by atoms with E-state index in [1.807, 2.05) is 42.5 Å². The smallest absolute Gasteiger partial charge is 0.248 e. The van der Waals surface area contributed by atoms with Crippen LogP contribution in [-0.4, -0.2) is 22.2 Å². The van der Waals surface area contributed by atoms with E-state index in [-0.39, 0.29) is 11.8 Å². The molecule has 0 radical (unpaired) electrons. The largest absolute Gasteiger partial charge is 0.387 e. The molecule has 128 valence electrons. The number of para-hydroxylation sites is 1. The van der Waals surface area contributed by atoms with Gasteiger partial charge in [-0.25, -0.2) is 4.90 Å². The molecule has 0 saturated carbocycles. The summed E-state index contributed by atoms with van der Waals surface area (Å²) in [5, 5.41) is 12.4. The summed E-state index contributed by atoms with van der Waals surface area (Å²) >= 11 is 1.38. The van der Waals surface area contributed by atoms with E-state index in [0.29, 0.717) is 5.69 Å². The Morgan fingerprint density at radius 1 is 0.846 bits per heavy atom. The molecule has 2 aliphatic heterocycles. The molecular formula is C21H15NO3S. The highest BCUT2D eigenvalue weighted by Gasteiger charge is 2.55. The highest BCUT2D eigenvalue weighted by molar-refractivity contribution is 8.00. The number of nitrogens with zero attached hydrogens (tertiary/aromatic N) is 1. The van der Waals surface area contributed by atoms with Gasteiger partial charge in [-0.2, -0.15) is 0 Å². The molecule has 3 aromatic carbocycles. The third kappa shape index (κ3) is 2.08. The van der Waals surface area contributed by atoms with Crippen LogP contribution in [0.25, 0.3) is 10.8 Å². The van der Waals surface area contributed by atoms with Crippen LogP contribution in [0.2, 0.25) is 0 Å². The van der Waals surface area contributed by atoms with E-state index in [1.54, 1.807) is 24.3 Å². The molecule has 3 atom stereocenters. The molecule has 0 bridgehead atoms. The van der Waals surface area contributed by atoms with Gasteiger partial charge in [-0.15, -0.1) is 11.8 Å². The molecule has 0 aliphatic carbocycles. The lowest BCUT2D eigenvalue weighted by Crippen LogP contribution is -2.32. The molecule has 0 aromatic heterocycles. The maximum atomic E-state index is 13.0. The van der Waals surface area contributed by atoms with E-state index in [2.05, 4.69) is 0 Å². The molecule has 5 rings (SSSR count). The van der Waals surface area contributed by atoms with Gasteiger partial charge in [0.1, 0.15) is 5.25 Å². The molecule has 1 N–H and O–H groups in total. The van der Waals surface area contributed by atoms with E-state index in [4.69, 9.17) is 0 Å². The monoisotopic (exact) mass is 361 g/mol. The molecule has 26 heavy (non-hydrogen) atoms. The van der Waals surface area contributed by atoms with Gasteiger partial charge >= 0.3 is 0 Å². The Morgan fingerprint density at radius 3 is 2.38 bits per heavy atom. The summed E-state index contributed by atoms with van der Waals surface area (Å²) in [7, 11) is 0. The number of benzene rings is 3. The fourth-order valence-corrected chi connectivity index (χ4v) is 5.32. The summed E-state index contributed by atoms with van der Waals surface area (Å²) in [5.74, 6) is -1.34. The lowest BCUT2D eigenvalue weighted by molar-refractivity contribution is -0.124. The number of imide groups is 1. The third-order valence-electron chi connectivity index (χ3n) is 5.13. The maximum absolute atomic E-state index is 13.0. The first-order chi connectivity index (χ1) is 12.7. The fourth-order valence-electron chi connectivity index (χ4n) is 3.92. The average Bonchev–Trinajstić information content (AvgIpc) is 2.92. The predicted octanol–water partition coefficient (Wildman–Crippen LogP) is 3.54. The lowest BCUT2D eigenvalue weighted by atomic mass is 9.90. The van der Waals surface area contributed by atoms with Crippen LogP contribution in [0.15, 0.2) is 71.6 Å². The number of hydrogen-bond acceptors (Lipinski definition) is 4. The van der Waals surface area contributed by atoms with Crippen molar-refractivity contribution in [1.82, 2.24) is 0 Å². The van der Waals surface area contributed by atoms with Crippen LogP contribution < -0.4 is 4.90 Å². The Labute approximate surface area is 154 Å². The lowest BCUT2D eigenvalue weighted by Gasteiger charge is -2.29. The van der Waals surface area contributed by atoms with E-state index in [0.717, 1.165) is 21.2 Å². The Balaban J connectivity index is 1.64. The minimum atomic E-state index is -0.993. The molecule has 1 fully saturated rings. The van der Waals surface area contributed by atoms with Gasteiger partial charge in [-0.3, -0.25) is 9.59 Å². The Bertz CT molecular complexity index is 1050. The van der Waals surface area contributed by atoms with Crippen LogP contribution in [-0.2, 0) is 9.59 Å². The number of hydrogen-bond donors (Lipinski definition) is 1. The molecule has 5 heteroatoms. The van der Waals surface area contributed by atoms with Gasteiger partial charge in [-0.05, 0) is 29.0 Å². The number of rotatable bonds is 1. The summed E-state index contributed by atoms with van der Waals surface area (Å²) in [4.78, 5) is 28.1. The van der Waals surface area contributed by atoms with Crippen molar-refractivity contribution in [3.63, 3.8) is 0 Å². The molecule has 2 amide bonds. The van der Waals surface area contributed by atoms with Gasteiger partial charge in [0.05, 0.1) is 17.7 Å². The molecule has 2 aliphatic rings. The third-order valence-corrected chi connectivity index (χ3v) is 6.49. The first kappa shape index (κ1) is 15.6. The van der Waals surface area contributed by atoms with Gasteiger partial charge in [-0.1, -0.05) is 48.5 Å². The topological polar surface area (TPSA) is 57.6 Å². The van der Waals surface area contributed by atoms with E-state index < -0.39 is 17.3 Å². The quantitative estimate of drug-likeness (QED) is 0.674. The van der Waals surface area contributed by atoms with Gasteiger partial charge < -0.3 is 5.11 Å². The number of aliphatic hydroxyl groups is 1. The molecular weight excluding hydrogens is 346 g/mol. The standard InChI is InChI=1S/C21H15NO3S/c23-18-16-14-9-5-4-6-12(14)10-11-15(16)26-19-17(18)20(24)22(21(19)25)13-7-2-1-3-8-13/h1-11,17-19,23H/t17-,18+,19+/m1/s1. The van der Waals surface area contributed by atoms with Crippen LogP contribution in [0.4, 0.5) is 5.69 Å². The molecule has 0 unspecified atom stereocenters. The van der Waals surface area contributed by atoms with Crippen molar-refractivity contribution in [2.24, 2.45) is 5.92 Å². The highest BCUT2D eigenvalue weighted by Crippen LogP contribution is 2.51. The number of thioether (sulfide) groups is 1. The number of carbonyl (C=O) groups is 2. The minimum absolute atomic E-state index is 0.256. The first-order valence-electron chi connectivity index (χ1n) is 8.46. The number of fused-ring (bicyclic) bond motifs is 4. The maximum Gasteiger partial charge on any atom is 0.248 e. The van der Waals surface area contributed by atoms with E-state index in [9.17, 15) is 14.7 Å². The van der Waals surface area contributed by atoms with Crippen LogP contribution in [0.3, 0.4) is 0 Å². The average molecular weight is 361 g/mol. The second-order valence-corrected chi connectivity index (χ2v) is 7.74. The fraction of sp³-hybridized carbons (Fsp3) is 0.143. The first-order valence-corrected chi connectivity index (χ1v) is 9.34. The molecule has 4 nitrogen and oxygen atoms in total. The zero-order valence-corrected chi connectivity index (χ0v) is 14.5. The van der Waals surface area contributed by atoms with Crippen molar-refractivity contribution >= 4 is 40.0 Å². The molecule has 3 aromatic rings. The predicted molar refractivity (Wildman–Crippen MR) is 101 cm³/mol. The number of aliphatic hydroxyl groups excluding tert-OH is 1. The zero-order valence-electron chi connectivity index (χ0n) is 13.7. The Hall–Kier alpha value is -2.63. The van der Waals surface area contributed by atoms with Crippen molar-refractivity contribution in [3.8, 4) is 0 Å². The summed E-state index contributed by atoms with van der Waals surface area (Å²) in [6, 6.07) is 20.6. The van der Waals surface area contributed by atoms with Crippen molar-refractivity contribution in [2.75, 3.05) is 4.90 Å². The normalized spacial score (nSPS) is 24.7. The summed E-state index contributed by atoms with van der Waals surface area (Å²) in [6.45, 7) is 0. The number of carbonyl (C=O) groups excluding carboxylic acids is 2. The van der Waals surface area contributed by atoms with Gasteiger partial charge in [0.2, 0.25) is 11.8 Å². The second kappa shape index (κ2) is 5.69. The van der Waals surface area contributed by atoms with Gasteiger partial charge in [0, 0.05) is 10.5 Å². The van der Waals surface area contributed by atoms with E-state index >= 15 is 0 Å². The highest BCUT2D eigenvalue weighted by atomic mass is 32.2. The SMILES string of the molecule is O=C1[C@H]2[C@H](Sc3ccc4ccccc4c3[C@@H]2O)C(=O)N1c1ccccc1. The van der Waals surface area contributed by atoms with Crippen molar-refractivity contribution in [2.45, 2.75) is 16.2 Å². The van der Waals surface area contributed by atoms with Crippen LogP contribution in [0.1, 0.15) is 11.7 Å². The Morgan fingerprint density at radius 2 is 1.58 bits per heavy atom. The summed E-state index contributed by atoms with van der Waals surface area (Å²) < 4.78 is 0. The summed E-state index contributed by atoms with van der Waals surface area (Å²) in [6.07, 6.45) is -0.993. The zero-order chi connectivity index (χ0) is 17.8.